The van der Waals surface area contributed by atoms with E-state index in [-0.39, 0.29) is 0 Å². The molecule has 2 rings (SSSR count). The van der Waals surface area contributed by atoms with Crippen LogP contribution in [0, 0.1) is 0 Å². The lowest BCUT2D eigenvalue weighted by molar-refractivity contribution is 0.222. The van der Waals surface area contributed by atoms with Gasteiger partial charge in [0.25, 0.3) is 0 Å². The second kappa shape index (κ2) is 6.02. The van der Waals surface area contributed by atoms with Crippen molar-refractivity contribution in [2.45, 2.75) is 31.8 Å². The highest BCUT2D eigenvalue weighted by Gasteiger charge is 2.16. The predicted molar refractivity (Wildman–Crippen MR) is 68.4 cm³/mol. The molecule has 1 fully saturated rings. The quantitative estimate of drug-likeness (QED) is 0.837. The van der Waals surface area contributed by atoms with E-state index in [9.17, 15) is 0 Å². The van der Waals surface area contributed by atoms with Gasteiger partial charge in [-0.2, -0.15) is 0 Å². The summed E-state index contributed by atoms with van der Waals surface area (Å²) >= 11 is 0. The van der Waals surface area contributed by atoms with Crippen LogP contribution in [0.25, 0.3) is 0 Å². The van der Waals surface area contributed by atoms with Gasteiger partial charge in [0.1, 0.15) is 0 Å². The molecule has 0 amide bonds. The number of hydrogen-bond donors (Lipinski definition) is 1. The van der Waals surface area contributed by atoms with E-state index < -0.39 is 0 Å². The molecule has 0 bridgehead atoms. The molecule has 0 radical (unpaired) electrons. The third-order valence-electron chi connectivity index (χ3n) is 3.42. The molecule has 0 spiro atoms. The van der Waals surface area contributed by atoms with Crippen LogP contribution in [-0.2, 0) is 6.54 Å². The Morgan fingerprint density at radius 2 is 2.06 bits per heavy atom. The van der Waals surface area contributed by atoms with Crippen molar-refractivity contribution >= 4 is 0 Å². The van der Waals surface area contributed by atoms with E-state index in [0.29, 0.717) is 6.04 Å². The van der Waals surface area contributed by atoms with Crippen LogP contribution in [0.5, 0.6) is 0 Å². The van der Waals surface area contributed by atoms with Gasteiger partial charge in [-0.15, -0.1) is 0 Å². The molecular weight excluding hydrogens is 196 g/mol. The van der Waals surface area contributed by atoms with E-state index in [1.54, 1.807) is 0 Å². The monoisotopic (exact) mass is 218 g/mol. The molecule has 1 heterocycles. The number of nitrogens with zero attached hydrogens (tertiary/aromatic N) is 1. The minimum atomic E-state index is 0.697. The maximum absolute atomic E-state index is 3.52. The molecule has 0 aliphatic carbocycles. The van der Waals surface area contributed by atoms with Crippen LogP contribution >= 0.6 is 0 Å². The van der Waals surface area contributed by atoms with E-state index in [1.807, 2.05) is 0 Å². The highest BCUT2D eigenvalue weighted by molar-refractivity contribution is 5.14. The number of benzene rings is 1. The minimum Gasteiger partial charge on any atom is -0.315 e. The Kier molecular flexibility index (Phi) is 4.37. The van der Waals surface area contributed by atoms with E-state index in [2.05, 4.69) is 47.6 Å². The van der Waals surface area contributed by atoms with E-state index in [4.69, 9.17) is 0 Å². The van der Waals surface area contributed by atoms with Gasteiger partial charge in [-0.25, -0.2) is 0 Å². The topological polar surface area (TPSA) is 15.3 Å². The summed E-state index contributed by atoms with van der Waals surface area (Å²) in [7, 11) is 2.24. The van der Waals surface area contributed by atoms with Gasteiger partial charge in [0.15, 0.2) is 0 Å². The number of rotatable bonds is 3. The smallest absolute Gasteiger partial charge is 0.0234 e. The predicted octanol–water partition coefficient (Wildman–Crippen LogP) is 2.26. The summed E-state index contributed by atoms with van der Waals surface area (Å²) in [6.45, 7) is 3.40. The summed E-state index contributed by atoms with van der Waals surface area (Å²) in [5.74, 6) is 0. The van der Waals surface area contributed by atoms with Crippen molar-refractivity contribution in [3.63, 3.8) is 0 Å². The Labute approximate surface area is 98.7 Å². The molecule has 1 aromatic carbocycles. The average Bonchev–Trinajstić information content (AvgIpc) is 2.59. The zero-order chi connectivity index (χ0) is 11.2. The fourth-order valence-electron chi connectivity index (χ4n) is 2.38. The van der Waals surface area contributed by atoms with E-state index >= 15 is 0 Å². The molecule has 1 aliphatic heterocycles. The number of nitrogens with one attached hydrogen (secondary N) is 1. The van der Waals surface area contributed by atoms with Crippen molar-refractivity contribution in [2.24, 2.45) is 0 Å². The molecule has 2 heteroatoms. The molecule has 1 saturated heterocycles. The van der Waals surface area contributed by atoms with Crippen LogP contribution < -0.4 is 5.32 Å². The Bertz CT molecular complexity index is 289. The molecule has 1 unspecified atom stereocenters. The van der Waals surface area contributed by atoms with Crippen molar-refractivity contribution in [2.75, 3.05) is 20.1 Å². The molecule has 1 aromatic rings. The van der Waals surface area contributed by atoms with Gasteiger partial charge in [0.2, 0.25) is 0 Å². The Morgan fingerprint density at radius 3 is 2.88 bits per heavy atom. The van der Waals surface area contributed by atoms with Crippen LogP contribution in [0.3, 0.4) is 0 Å². The molecule has 1 aliphatic rings. The lowest BCUT2D eigenvalue weighted by atomic mass is 10.1. The van der Waals surface area contributed by atoms with Crippen molar-refractivity contribution in [1.82, 2.24) is 10.2 Å². The summed E-state index contributed by atoms with van der Waals surface area (Å²) in [4.78, 5) is 2.48. The third-order valence-corrected chi connectivity index (χ3v) is 3.42. The Balaban J connectivity index is 1.89. The highest BCUT2D eigenvalue weighted by atomic mass is 15.1. The van der Waals surface area contributed by atoms with Gasteiger partial charge >= 0.3 is 0 Å². The first-order chi connectivity index (χ1) is 7.86. The zero-order valence-electron chi connectivity index (χ0n) is 10.2. The molecule has 0 saturated carbocycles. The first-order valence-electron chi connectivity index (χ1n) is 6.31. The molecule has 0 aromatic heterocycles. The third kappa shape index (κ3) is 3.32. The van der Waals surface area contributed by atoms with Crippen LogP contribution in [0.1, 0.15) is 24.8 Å². The van der Waals surface area contributed by atoms with Gasteiger partial charge < -0.3 is 5.32 Å². The molecule has 1 atom stereocenters. The van der Waals surface area contributed by atoms with E-state index in [1.165, 1.54) is 31.4 Å². The molecule has 2 nitrogen and oxygen atoms in total. The molecule has 1 N–H and O–H groups in total. The van der Waals surface area contributed by atoms with Gasteiger partial charge in [-0.3, -0.25) is 4.90 Å². The van der Waals surface area contributed by atoms with Crippen molar-refractivity contribution in [3.05, 3.63) is 35.9 Å². The van der Waals surface area contributed by atoms with Gasteiger partial charge in [0.05, 0.1) is 0 Å². The summed E-state index contributed by atoms with van der Waals surface area (Å²) in [6.07, 6.45) is 4.02. The minimum absolute atomic E-state index is 0.697. The lowest BCUT2D eigenvalue weighted by Gasteiger charge is -2.27. The molecule has 88 valence electrons. The van der Waals surface area contributed by atoms with Crippen LogP contribution in [0.2, 0.25) is 0 Å². The maximum Gasteiger partial charge on any atom is 0.0234 e. The average molecular weight is 218 g/mol. The first-order valence-corrected chi connectivity index (χ1v) is 6.31. The summed E-state index contributed by atoms with van der Waals surface area (Å²) < 4.78 is 0. The van der Waals surface area contributed by atoms with Gasteiger partial charge in [-0.05, 0) is 32.0 Å². The summed E-state index contributed by atoms with van der Waals surface area (Å²) in [5.41, 5.74) is 1.41. The number of likely N-dealkylation sites (N-methyl/N-ethyl adjacent to an activating group) is 1. The summed E-state index contributed by atoms with van der Waals surface area (Å²) in [6, 6.07) is 11.4. The van der Waals surface area contributed by atoms with Crippen LogP contribution in [0.4, 0.5) is 0 Å². The maximum atomic E-state index is 3.52. The zero-order valence-corrected chi connectivity index (χ0v) is 10.2. The van der Waals surface area contributed by atoms with Crippen molar-refractivity contribution in [1.29, 1.82) is 0 Å². The standard InChI is InChI=1S/C14H22N2/c1-16(12-13-7-3-2-4-8-13)14-9-5-6-10-15-11-14/h2-4,7-8,14-15H,5-6,9-12H2,1H3. The Hall–Kier alpha value is -0.860. The fourth-order valence-corrected chi connectivity index (χ4v) is 2.38. The van der Waals surface area contributed by atoms with Crippen LogP contribution in [0.15, 0.2) is 30.3 Å². The van der Waals surface area contributed by atoms with Gasteiger partial charge in [0, 0.05) is 19.1 Å². The normalized spacial score (nSPS) is 22.0. The highest BCUT2D eigenvalue weighted by Crippen LogP contribution is 2.12. The van der Waals surface area contributed by atoms with Gasteiger partial charge in [-0.1, -0.05) is 36.8 Å². The van der Waals surface area contributed by atoms with Crippen LogP contribution in [-0.4, -0.2) is 31.1 Å². The van der Waals surface area contributed by atoms with Crippen molar-refractivity contribution in [3.8, 4) is 0 Å². The van der Waals surface area contributed by atoms with E-state index in [0.717, 1.165) is 13.1 Å². The molecule has 16 heavy (non-hydrogen) atoms. The fraction of sp³-hybridized carbons (Fsp3) is 0.571. The summed E-state index contributed by atoms with van der Waals surface area (Å²) in [5, 5.41) is 3.52. The van der Waals surface area contributed by atoms with Crippen molar-refractivity contribution < 1.29 is 0 Å². The largest absolute Gasteiger partial charge is 0.315 e. The SMILES string of the molecule is CN(Cc1ccccc1)C1CCCCNC1. The second-order valence-electron chi connectivity index (χ2n) is 4.75. The second-order valence-corrected chi connectivity index (χ2v) is 4.75. The first kappa shape index (κ1) is 11.6. The Morgan fingerprint density at radius 1 is 1.25 bits per heavy atom. The lowest BCUT2D eigenvalue weighted by Crippen LogP contribution is -2.38. The molecular formula is C14H22N2. The number of hydrogen-bond acceptors (Lipinski definition) is 2.